The van der Waals surface area contributed by atoms with Crippen LogP contribution in [0.5, 0.6) is 0 Å². The standard InChI is InChI=1S/C27H30N2O6S/c1-16(35-26(32)27(2,3)4)34-25(31)22-20(14-33-5)15-36-24-21(23(30)29(22)24)28-13-17-10-11-18-8-6-7-9-19(18)12-17/h6-13,16,21,24H,14-15H2,1-5H3/t16?,21?,24-/m1/s1. The molecule has 3 atom stereocenters. The van der Waals surface area contributed by atoms with Crippen molar-refractivity contribution in [3.63, 3.8) is 0 Å². The van der Waals surface area contributed by atoms with E-state index in [-0.39, 0.29) is 23.6 Å². The highest BCUT2D eigenvalue weighted by Crippen LogP contribution is 2.42. The molecule has 2 aliphatic heterocycles. The summed E-state index contributed by atoms with van der Waals surface area (Å²) in [6.45, 7) is 6.78. The lowest BCUT2D eigenvalue weighted by molar-refractivity contribution is -0.190. The van der Waals surface area contributed by atoms with Crippen LogP contribution in [-0.4, -0.2) is 66.1 Å². The number of methoxy groups -OCH3 is 1. The number of aliphatic imine (C=N–C) groups is 1. The molecular formula is C27H30N2O6S. The van der Waals surface area contributed by atoms with Gasteiger partial charge in [-0.1, -0.05) is 36.4 Å². The van der Waals surface area contributed by atoms with Gasteiger partial charge in [0.25, 0.3) is 5.91 Å². The second kappa shape index (κ2) is 10.4. The van der Waals surface area contributed by atoms with E-state index in [0.717, 1.165) is 16.3 Å². The number of thioether (sulfide) groups is 1. The van der Waals surface area contributed by atoms with E-state index >= 15 is 0 Å². The van der Waals surface area contributed by atoms with Crippen LogP contribution in [0, 0.1) is 5.41 Å². The molecule has 2 heterocycles. The largest absolute Gasteiger partial charge is 0.425 e. The van der Waals surface area contributed by atoms with Crippen LogP contribution in [0.4, 0.5) is 0 Å². The molecule has 2 unspecified atom stereocenters. The Balaban J connectivity index is 1.49. The first-order valence-electron chi connectivity index (χ1n) is 11.7. The quantitative estimate of drug-likeness (QED) is 0.241. The Morgan fingerprint density at radius 1 is 1.17 bits per heavy atom. The fourth-order valence-corrected chi connectivity index (χ4v) is 5.27. The fraction of sp³-hybridized carbons (Fsp3) is 0.407. The normalized spacial score (nSPS) is 20.8. The summed E-state index contributed by atoms with van der Waals surface area (Å²) in [5, 5.41) is 1.89. The van der Waals surface area contributed by atoms with E-state index in [4.69, 9.17) is 14.2 Å². The topological polar surface area (TPSA) is 94.5 Å². The molecular weight excluding hydrogens is 480 g/mol. The number of amides is 1. The molecule has 0 spiro atoms. The van der Waals surface area contributed by atoms with Crippen LogP contribution >= 0.6 is 11.8 Å². The highest BCUT2D eigenvalue weighted by atomic mass is 32.2. The molecule has 0 saturated carbocycles. The van der Waals surface area contributed by atoms with Crippen molar-refractivity contribution in [1.82, 2.24) is 4.90 Å². The Kier molecular flexibility index (Phi) is 7.51. The highest BCUT2D eigenvalue weighted by Gasteiger charge is 2.54. The number of ether oxygens (including phenoxy) is 3. The van der Waals surface area contributed by atoms with E-state index in [2.05, 4.69) is 4.99 Å². The lowest BCUT2D eigenvalue weighted by Gasteiger charge is -2.48. The molecule has 1 saturated heterocycles. The van der Waals surface area contributed by atoms with Crippen molar-refractivity contribution in [3.8, 4) is 0 Å². The number of hydrogen-bond donors (Lipinski definition) is 0. The molecule has 2 aliphatic rings. The minimum absolute atomic E-state index is 0.140. The van der Waals surface area contributed by atoms with Gasteiger partial charge in [-0.3, -0.25) is 19.5 Å². The average Bonchev–Trinajstić information content (AvgIpc) is 2.83. The Labute approximate surface area is 214 Å². The number of rotatable bonds is 7. The summed E-state index contributed by atoms with van der Waals surface area (Å²) >= 11 is 1.52. The summed E-state index contributed by atoms with van der Waals surface area (Å²) in [5.41, 5.74) is 0.938. The summed E-state index contributed by atoms with van der Waals surface area (Å²) in [6.07, 6.45) is 0.597. The van der Waals surface area contributed by atoms with E-state index in [9.17, 15) is 14.4 Å². The Morgan fingerprint density at radius 2 is 1.89 bits per heavy atom. The van der Waals surface area contributed by atoms with Gasteiger partial charge in [0.1, 0.15) is 11.1 Å². The van der Waals surface area contributed by atoms with Crippen LogP contribution in [0.25, 0.3) is 10.8 Å². The monoisotopic (exact) mass is 510 g/mol. The Hall–Kier alpha value is -3.17. The molecule has 0 radical (unpaired) electrons. The number of carbonyl (C=O) groups is 3. The zero-order chi connectivity index (χ0) is 26.0. The van der Waals surface area contributed by atoms with Crippen molar-refractivity contribution >= 4 is 46.6 Å². The molecule has 0 aliphatic carbocycles. The van der Waals surface area contributed by atoms with Gasteiger partial charge in [0.15, 0.2) is 6.04 Å². The van der Waals surface area contributed by atoms with E-state index in [0.29, 0.717) is 11.3 Å². The Bertz CT molecular complexity index is 1250. The number of β-lactam (4-membered cyclic amide) rings is 1. The SMILES string of the molecule is COCC1=C(C(=O)OC(C)OC(=O)C(C)(C)C)N2C(=O)C(N=Cc3ccc4ccccc4c3)[C@H]2SC1. The molecule has 1 fully saturated rings. The minimum Gasteiger partial charge on any atom is -0.425 e. The fourth-order valence-electron chi connectivity index (χ4n) is 3.95. The maximum absolute atomic E-state index is 13.1. The van der Waals surface area contributed by atoms with Gasteiger partial charge in [0.05, 0.1) is 12.0 Å². The lowest BCUT2D eigenvalue weighted by Crippen LogP contribution is -2.64. The molecule has 0 aromatic heterocycles. The maximum Gasteiger partial charge on any atom is 0.358 e. The first-order chi connectivity index (χ1) is 17.1. The molecule has 2 aromatic carbocycles. The zero-order valence-electron chi connectivity index (χ0n) is 21.0. The second-order valence-corrected chi connectivity index (χ2v) is 10.9. The van der Waals surface area contributed by atoms with Crippen LogP contribution in [0.1, 0.15) is 33.3 Å². The first kappa shape index (κ1) is 25.9. The van der Waals surface area contributed by atoms with Crippen LogP contribution in [0.3, 0.4) is 0 Å². The van der Waals surface area contributed by atoms with Gasteiger partial charge in [-0.25, -0.2) is 4.79 Å². The van der Waals surface area contributed by atoms with Gasteiger partial charge in [-0.15, -0.1) is 11.8 Å². The molecule has 9 heteroatoms. The Morgan fingerprint density at radius 3 is 2.58 bits per heavy atom. The summed E-state index contributed by atoms with van der Waals surface area (Å²) in [6, 6.07) is 13.4. The van der Waals surface area contributed by atoms with Crippen molar-refractivity contribution in [2.24, 2.45) is 10.4 Å². The summed E-state index contributed by atoms with van der Waals surface area (Å²) in [4.78, 5) is 44.4. The van der Waals surface area contributed by atoms with Crippen molar-refractivity contribution in [2.45, 2.75) is 45.4 Å². The average molecular weight is 511 g/mol. The third kappa shape index (κ3) is 5.32. The van der Waals surface area contributed by atoms with Gasteiger partial charge in [-0.2, -0.15) is 0 Å². The van der Waals surface area contributed by atoms with Crippen LogP contribution < -0.4 is 0 Å². The number of nitrogens with zero attached hydrogens (tertiary/aromatic N) is 2. The summed E-state index contributed by atoms with van der Waals surface area (Å²) in [7, 11) is 1.52. The smallest absolute Gasteiger partial charge is 0.358 e. The molecule has 1 amide bonds. The van der Waals surface area contributed by atoms with Crippen molar-refractivity contribution in [1.29, 1.82) is 0 Å². The molecule has 0 bridgehead atoms. The molecule has 2 aromatic rings. The van der Waals surface area contributed by atoms with Gasteiger partial charge in [0, 0.05) is 26.0 Å². The molecule has 0 N–H and O–H groups in total. The molecule has 8 nitrogen and oxygen atoms in total. The van der Waals surface area contributed by atoms with Gasteiger partial charge in [0.2, 0.25) is 6.29 Å². The van der Waals surface area contributed by atoms with Crippen LogP contribution in [-0.2, 0) is 28.6 Å². The molecule has 4 rings (SSSR count). The number of hydrogen-bond acceptors (Lipinski definition) is 8. The number of benzene rings is 2. The van der Waals surface area contributed by atoms with E-state index in [1.165, 1.54) is 30.7 Å². The predicted octanol–water partition coefficient (Wildman–Crippen LogP) is 3.92. The maximum atomic E-state index is 13.1. The van der Waals surface area contributed by atoms with E-state index < -0.39 is 29.7 Å². The zero-order valence-corrected chi connectivity index (χ0v) is 21.8. The van der Waals surface area contributed by atoms with E-state index in [1.54, 1.807) is 27.0 Å². The predicted molar refractivity (Wildman–Crippen MR) is 138 cm³/mol. The van der Waals surface area contributed by atoms with Gasteiger partial charge >= 0.3 is 11.9 Å². The third-order valence-electron chi connectivity index (χ3n) is 5.85. The van der Waals surface area contributed by atoms with Gasteiger partial charge in [-0.05, 0) is 48.7 Å². The summed E-state index contributed by atoms with van der Waals surface area (Å²) in [5.74, 6) is -1.02. The molecule has 36 heavy (non-hydrogen) atoms. The van der Waals surface area contributed by atoms with Crippen LogP contribution in [0.15, 0.2) is 58.7 Å². The second-order valence-electron chi connectivity index (χ2n) is 9.75. The molecule has 190 valence electrons. The summed E-state index contributed by atoms with van der Waals surface area (Å²) < 4.78 is 15.9. The first-order valence-corrected chi connectivity index (χ1v) is 12.7. The third-order valence-corrected chi connectivity index (χ3v) is 7.17. The van der Waals surface area contributed by atoms with Crippen molar-refractivity contribution < 1.29 is 28.6 Å². The van der Waals surface area contributed by atoms with Crippen molar-refractivity contribution in [3.05, 3.63) is 59.3 Å². The van der Waals surface area contributed by atoms with Crippen molar-refractivity contribution in [2.75, 3.05) is 19.5 Å². The van der Waals surface area contributed by atoms with Gasteiger partial charge < -0.3 is 14.2 Å². The highest BCUT2D eigenvalue weighted by molar-refractivity contribution is 8.00. The van der Waals surface area contributed by atoms with Crippen LogP contribution in [0.2, 0.25) is 0 Å². The number of esters is 2. The number of carbonyl (C=O) groups excluding carboxylic acids is 3. The number of fused-ring (bicyclic) bond motifs is 2. The lowest BCUT2D eigenvalue weighted by atomic mass is 9.97. The minimum atomic E-state index is -1.10. The van der Waals surface area contributed by atoms with E-state index in [1.807, 2.05) is 42.5 Å².